The van der Waals surface area contributed by atoms with Gasteiger partial charge in [-0.05, 0) is 30.9 Å². The molecule has 0 amide bonds. The summed E-state index contributed by atoms with van der Waals surface area (Å²) in [6.45, 7) is 5.52. The molecule has 0 fully saturated rings. The van der Waals surface area contributed by atoms with Crippen molar-refractivity contribution in [3.8, 4) is 0 Å². The van der Waals surface area contributed by atoms with E-state index in [0.717, 1.165) is 13.0 Å². The Morgan fingerprint density at radius 3 is 3.00 bits per heavy atom. The minimum absolute atomic E-state index is 0.618. The van der Waals surface area contributed by atoms with Crippen LogP contribution >= 0.6 is 11.8 Å². The number of nitrogens with one attached hydrogen (secondary N) is 1. The van der Waals surface area contributed by atoms with E-state index in [9.17, 15) is 0 Å². The zero-order valence-corrected chi connectivity index (χ0v) is 11.4. The second-order valence-corrected chi connectivity index (χ2v) is 5.43. The van der Waals surface area contributed by atoms with Crippen LogP contribution in [0.2, 0.25) is 0 Å². The van der Waals surface area contributed by atoms with Crippen molar-refractivity contribution < 1.29 is 0 Å². The molecule has 0 aliphatic rings. The van der Waals surface area contributed by atoms with E-state index in [1.165, 1.54) is 23.6 Å². The van der Waals surface area contributed by atoms with E-state index < -0.39 is 0 Å². The average molecular weight is 241 g/mol. The van der Waals surface area contributed by atoms with Gasteiger partial charge in [0.2, 0.25) is 0 Å². The third kappa shape index (κ3) is 5.03. The summed E-state index contributed by atoms with van der Waals surface area (Å²) in [6, 6.07) is 2.70. The van der Waals surface area contributed by atoms with Gasteiger partial charge in [-0.1, -0.05) is 6.92 Å². The molecule has 3 nitrogen and oxygen atoms in total. The Labute approximate surface area is 103 Å². The Morgan fingerprint density at radius 1 is 1.56 bits per heavy atom. The summed E-state index contributed by atoms with van der Waals surface area (Å²) in [7, 11) is 2.00. The van der Waals surface area contributed by atoms with Gasteiger partial charge in [0.05, 0.1) is 0 Å². The smallest absolute Gasteiger partial charge is 0.0492 e. The first-order chi connectivity index (χ1) is 7.74. The second-order valence-electron chi connectivity index (χ2n) is 4.04. The Hall–Kier alpha value is -0.480. The highest BCUT2D eigenvalue weighted by Gasteiger charge is 2.02. The highest BCUT2D eigenvalue weighted by molar-refractivity contribution is 7.99. The van der Waals surface area contributed by atoms with Crippen molar-refractivity contribution in [2.45, 2.75) is 32.7 Å². The van der Waals surface area contributed by atoms with Crippen LogP contribution in [0.1, 0.15) is 26.0 Å². The first kappa shape index (κ1) is 13.6. The number of nitrogens with zero attached hydrogens (tertiary/aromatic N) is 2. The van der Waals surface area contributed by atoms with Crippen molar-refractivity contribution in [1.29, 1.82) is 0 Å². The molecule has 0 spiro atoms. The summed E-state index contributed by atoms with van der Waals surface area (Å²) in [4.78, 5) is 0. The molecule has 1 rings (SSSR count). The number of rotatable bonds is 8. The summed E-state index contributed by atoms with van der Waals surface area (Å²) in [5.41, 5.74) is 1.29. The van der Waals surface area contributed by atoms with Crippen LogP contribution in [-0.4, -0.2) is 33.9 Å². The van der Waals surface area contributed by atoms with Crippen LogP contribution in [-0.2, 0) is 13.5 Å². The van der Waals surface area contributed by atoms with Gasteiger partial charge in [0, 0.05) is 37.9 Å². The lowest BCUT2D eigenvalue weighted by molar-refractivity contribution is 0.532. The van der Waals surface area contributed by atoms with Crippen molar-refractivity contribution in [2.75, 3.05) is 18.1 Å². The number of hydrogen-bond donors (Lipinski definition) is 1. The molecule has 1 heterocycles. The standard InChI is InChI=1S/C12H23N3S/c1-4-16-10-7-11(2)13-8-5-12-6-9-14-15(12)3/h6,9,11,13H,4-5,7-8,10H2,1-3H3. The molecule has 0 saturated heterocycles. The fourth-order valence-corrected chi connectivity index (χ4v) is 2.41. The zero-order valence-electron chi connectivity index (χ0n) is 10.6. The Balaban J connectivity index is 2.08. The van der Waals surface area contributed by atoms with Crippen molar-refractivity contribution >= 4 is 11.8 Å². The molecule has 92 valence electrons. The minimum atomic E-state index is 0.618. The normalized spacial score (nSPS) is 12.9. The first-order valence-corrected chi connectivity index (χ1v) is 7.17. The largest absolute Gasteiger partial charge is 0.314 e. The molecule has 0 saturated carbocycles. The van der Waals surface area contributed by atoms with E-state index in [-0.39, 0.29) is 0 Å². The maximum atomic E-state index is 4.16. The van der Waals surface area contributed by atoms with E-state index in [4.69, 9.17) is 0 Å². The van der Waals surface area contributed by atoms with Crippen LogP contribution in [0.5, 0.6) is 0 Å². The van der Waals surface area contributed by atoms with Gasteiger partial charge in [-0.3, -0.25) is 4.68 Å². The van der Waals surface area contributed by atoms with Crippen LogP contribution in [0, 0.1) is 0 Å². The Morgan fingerprint density at radius 2 is 2.38 bits per heavy atom. The molecule has 1 unspecified atom stereocenters. The number of aromatic nitrogens is 2. The molecule has 1 aromatic heterocycles. The number of hydrogen-bond acceptors (Lipinski definition) is 3. The van der Waals surface area contributed by atoms with Crippen LogP contribution in [0.3, 0.4) is 0 Å². The third-order valence-corrected chi connectivity index (χ3v) is 3.63. The lowest BCUT2D eigenvalue weighted by Gasteiger charge is -2.13. The molecular formula is C12H23N3S. The molecule has 0 aliphatic carbocycles. The van der Waals surface area contributed by atoms with Gasteiger partial charge in [-0.25, -0.2) is 0 Å². The molecule has 16 heavy (non-hydrogen) atoms. The Kier molecular flexibility index (Phi) is 6.57. The van der Waals surface area contributed by atoms with Crippen molar-refractivity contribution in [3.63, 3.8) is 0 Å². The highest BCUT2D eigenvalue weighted by atomic mass is 32.2. The molecule has 1 N–H and O–H groups in total. The van der Waals surface area contributed by atoms with Gasteiger partial charge in [0.1, 0.15) is 0 Å². The van der Waals surface area contributed by atoms with E-state index in [1.807, 2.05) is 29.7 Å². The molecule has 1 atom stereocenters. The number of aryl methyl sites for hydroxylation is 1. The molecular weight excluding hydrogens is 218 g/mol. The van der Waals surface area contributed by atoms with Gasteiger partial charge >= 0.3 is 0 Å². The van der Waals surface area contributed by atoms with E-state index in [0.29, 0.717) is 6.04 Å². The topological polar surface area (TPSA) is 29.9 Å². The summed E-state index contributed by atoms with van der Waals surface area (Å²) in [5.74, 6) is 2.48. The van der Waals surface area contributed by atoms with Crippen LogP contribution in [0.15, 0.2) is 12.3 Å². The molecule has 4 heteroatoms. The molecule has 0 aromatic carbocycles. The second kappa shape index (κ2) is 7.74. The lowest BCUT2D eigenvalue weighted by atomic mass is 10.2. The molecule has 0 radical (unpaired) electrons. The monoisotopic (exact) mass is 241 g/mol. The maximum absolute atomic E-state index is 4.16. The summed E-state index contributed by atoms with van der Waals surface area (Å²) < 4.78 is 1.94. The predicted molar refractivity (Wildman–Crippen MR) is 72.0 cm³/mol. The van der Waals surface area contributed by atoms with E-state index in [2.05, 4.69) is 30.3 Å². The zero-order chi connectivity index (χ0) is 11.8. The van der Waals surface area contributed by atoms with Crippen molar-refractivity contribution in [3.05, 3.63) is 18.0 Å². The van der Waals surface area contributed by atoms with Crippen LogP contribution in [0.4, 0.5) is 0 Å². The third-order valence-electron chi connectivity index (χ3n) is 2.70. The fraction of sp³-hybridized carbons (Fsp3) is 0.750. The van der Waals surface area contributed by atoms with Gasteiger partial charge in [-0.2, -0.15) is 16.9 Å². The minimum Gasteiger partial charge on any atom is -0.314 e. The van der Waals surface area contributed by atoms with E-state index >= 15 is 0 Å². The molecule has 0 bridgehead atoms. The van der Waals surface area contributed by atoms with Crippen LogP contribution < -0.4 is 5.32 Å². The van der Waals surface area contributed by atoms with Gasteiger partial charge in [0.15, 0.2) is 0 Å². The highest BCUT2D eigenvalue weighted by Crippen LogP contribution is 2.04. The van der Waals surface area contributed by atoms with Crippen molar-refractivity contribution in [1.82, 2.24) is 15.1 Å². The Bertz CT molecular complexity index is 286. The van der Waals surface area contributed by atoms with Crippen molar-refractivity contribution in [2.24, 2.45) is 7.05 Å². The van der Waals surface area contributed by atoms with E-state index in [1.54, 1.807) is 0 Å². The summed E-state index contributed by atoms with van der Waals surface area (Å²) in [5, 5.41) is 7.71. The molecule has 0 aliphatic heterocycles. The van der Waals surface area contributed by atoms with Gasteiger partial charge in [-0.15, -0.1) is 0 Å². The summed E-state index contributed by atoms with van der Waals surface area (Å²) in [6.07, 6.45) is 4.17. The SMILES string of the molecule is CCSCCC(C)NCCc1ccnn1C. The fourth-order valence-electron chi connectivity index (χ4n) is 1.60. The number of thioether (sulfide) groups is 1. The van der Waals surface area contributed by atoms with Gasteiger partial charge in [0.25, 0.3) is 0 Å². The lowest BCUT2D eigenvalue weighted by Crippen LogP contribution is -2.29. The average Bonchev–Trinajstić information content (AvgIpc) is 2.65. The quantitative estimate of drug-likeness (QED) is 0.707. The van der Waals surface area contributed by atoms with Crippen LogP contribution in [0.25, 0.3) is 0 Å². The molecule has 1 aromatic rings. The predicted octanol–water partition coefficient (Wildman–Crippen LogP) is 2.08. The summed E-state index contributed by atoms with van der Waals surface area (Å²) >= 11 is 2.02. The van der Waals surface area contributed by atoms with Gasteiger partial charge < -0.3 is 5.32 Å². The maximum Gasteiger partial charge on any atom is 0.0492 e. The first-order valence-electron chi connectivity index (χ1n) is 6.02.